The zero-order chi connectivity index (χ0) is 13.8. The van der Waals surface area contributed by atoms with E-state index in [1.54, 1.807) is 11.3 Å². The number of hydrogen-bond acceptors (Lipinski definition) is 6. The topological polar surface area (TPSA) is 71.2 Å². The van der Waals surface area contributed by atoms with Crippen LogP contribution in [0.15, 0.2) is 17.5 Å². The van der Waals surface area contributed by atoms with Crippen molar-refractivity contribution in [2.45, 2.75) is 13.5 Å². The first-order chi connectivity index (χ1) is 9.11. The van der Waals surface area contributed by atoms with Crippen LogP contribution in [0.3, 0.4) is 0 Å². The Morgan fingerprint density at radius 3 is 3.00 bits per heavy atom. The van der Waals surface area contributed by atoms with Crippen molar-refractivity contribution >= 4 is 39.5 Å². The second-order valence-electron chi connectivity index (χ2n) is 3.99. The SMILES string of the molecule is CCN(C)c1nc(N)c(C(=O)NCc2cccs2)s1. The molecule has 5 nitrogen and oxygen atoms in total. The number of nitrogens with one attached hydrogen (secondary N) is 1. The molecule has 0 aliphatic rings. The Hall–Kier alpha value is -1.60. The number of amides is 1. The Morgan fingerprint density at radius 1 is 1.58 bits per heavy atom. The molecule has 102 valence electrons. The van der Waals surface area contributed by atoms with Gasteiger partial charge in [-0.1, -0.05) is 17.4 Å². The molecule has 7 heteroatoms. The molecule has 0 saturated carbocycles. The van der Waals surface area contributed by atoms with Crippen molar-refractivity contribution in [2.24, 2.45) is 0 Å². The van der Waals surface area contributed by atoms with E-state index in [4.69, 9.17) is 5.73 Å². The predicted molar refractivity (Wildman–Crippen MR) is 81.0 cm³/mol. The van der Waals surface area contributed by atoms with Crippen molar-refractivity contribution in [1.29, 1.82) is 0 Å². The fourth-order valence-corrected chi connectivity index (χ4v) is 3.01. The molecule has 2 aromatic rings. The van der Waals surface area contributed by atoms with Gasteiger partial charge in [0.15, 0.2) is 5.13 Å². The number of nitrogens with two attached hydrogens (primary N) is 1. The van der Waals surface area contributed by atoms with Gasteiger partial charge < -0.3 is 16.0 Å². The number of nitrogen functional groups attached to an aromatic ring is 1. The lowest BCUT2D eigenvalue weighted by atomic mass is 10.4. The van der Waals surface area contributed by atoms with Crippen LogP contribution >= 0.6 is 22.7 Å². The molecule has 0 fully saturated rings. The molecule has 0 aliphatic heterocycles. The number of hydrogen-bond donors (Lipinski definition) is 2. The van der Waals surface area contributed by atoms with Crippen molar-refractivity contribution in [1.82, 2.24) is 10.3 Å². The molecule has 0 aliphatic carbocycles. The fraction of sp³-hybridized carbons (Fsp3) is 0.333. The van der Waals surface area contributed by atoms with Crippen LogP contribution in [-0.4, -0.2) is 24.5 Å². The summed E-state index contributed by atoms with van der Waals surface area (Å²) in [6.45, 7) is 3.37. The maximum absolute atomic E-state index is 12.1. The maximum Gasteiger partial charge on any atom is 0.265 e. The van der Waals surface area contributed by atoms with Gasteiger partial charge >= 0.3 is 0 Å². The van der Waals surface area contributed by atoms with Crippen molar-refractivity contribution < 1.29 is 4.79 Å². The van der Waals surface area contributed by atoms with Gasteiger partial charge in [-0.05, 0) is 18.4 Å². The molecular weight excluding hydrogens is 280 g/mol. The van der Waals surface area contributed by atoms with Gasteiger partial charge in [0.25, 0.3) is 5.91 Å². The molecule has 2 rings (SSSR count). The average Bonchev–Trinajstić information content (AvgIpc) is 3.04. The van der Waals surface area contributed by atoms with E-state index in [9.17, 15) is 4.79 Å². The second kappa shape index (κ2) is 6.03. The van der Waals surface area contributed by atoms with Crippen molar-refractivity contribution in [3.63, 3.8) is 0 Å². The van der Waals surface area contributed by atoms with E-state index < -0.39 is 0 Å². The highest BCUT2D eigenvalue weighted by Crippen LogP contribution is 2.27. The molecule has 0 saturated heterocycles. The fourth-order valence-electron chi connectivity index (χ4n) is 1.44. The normalized spacial score (nSPS) is 10.4. The van der Waals surface area contributed by atoms with Gasteiger partial charge in [-0.2, -0.15) is 0 Å². The Kier molecular flexibility index (Phi) is 4.39. The molecule has 0 aromatic carbocycles. The minimum Gasteiger partial charge on any atom is -0.382 e. The van der Waals surface area contributed by atoms with Gasteiger partial charge in [0.2, 0.25) is 0 Å². The highest BCUT2D eigenvalue weighted by atomic mass is 32.1. The molecule has 19 heavy (non-hydrogen) atoms. The summed E-state index contributed by atoms with van der Waals surface area (Å²) in [4.78, 5) is 19.8. The van der Waals surface area contributed by atoms with Crippen molar-refractivity contribution in [3.05, 3.63) is 27.3 Å². The number of carbonyl (C=O) groups excluding carboxylic acids is 1. The first-order valence-corrected chi connectivity index (χ1v) is 7.59. The number of rotatable bonds is 5. The summed E-state index contributed by atoms with van der Waals surface area (Å²) in [5.74, 6) is 0.128. The maximum atomic E-state index is 12.1. The van der Waals surface area contributed by atoms with Gasteiger partial charge in [-0.15, -0.1) is 11.3 Å². The third-order valence-corrected chi connectivity index (χ3v) is 4.71. The summed E-state index contributed by atoms with van der Waals surface area (Å²) < 4.78 is 0. The van der Waals surface area contributed by atoms with E-state index in [1.165, 1.54) is 11.3 Å². The highest BCUT2D eigenvalue weighted by Gasteiger charge is 2.17. The van der Waals surface area contributed by atoms with Gasteiger partial charge in [-0.3, -0.25) is 4.79 Å². The van der Waals surface area contributed by atoms with E-state index in [-0.39, 0.29) is 5.91 Å². The molecule has 0 unspecified atom stereocenters. The first-order valence-electron chi connectivity index (χ1n) is 5.89. The van der Waals surface area contributed by atoms with Gasteiger partial charge in [-0.25, -0.2) is 4.98 Å². The summed E-state index contributed by atoms with van der Waals surface area (Å²) in [6, 6.07) is 3.94. The number of anilines is 2. The Balaban J connectivity index is 2.04. The molecule has 3 N–H and O–H groups in total. The number of thiazole rings is 1. The molecule has 0 atom stereocenters. The van der Waals surface area contributed by atoms with Crippen molar-refractivity contribution in [2.75, 3.05) is 24.2 Å². The third kappa shape index (κ3) is 3.24. The monoisotopic (exact) mass is 296 g/mol. The number of thiophene rings is 1. The second-order valence-corrected chi connectivity index (χ2v) is 6.00. The lowest BCUT2D eigenvalue weighted by Crippen LogP contribution is -2.22. The van der Waals surface area contributed by atoms with Gasteiger partial charge in [0.05, 0.1) is 6.54 Å². The summed E-state index contributed by atoms with van der Waals surface area (Å²) in [5.41, 5.74) is 5.80. The molecule has 1 amide bonds. The Bertz CT molecular complexity index is 550. The minimum absolute atomic E-state index is 0.167. The van der Waals surface area contributed by atoms with Crippen LogP contribution in [0.1, 0.15) is 21.5 Å². The van der Waals surface area contributed by atoms with Crippen LogP contribution in [-0.2, 0) is 6.54 Å². The van der Waals surface area contributed by atoms with E-state index in [2.05, 4.69) is 10.3 Å². The van der Waals surface area contributed by atoms with E-state index in [1.807, 2.05) is 36.4 Å². The lowest BCUT2D eigenvalue weighted by molar-refractivity contribution is 0.0956. The standard InChI is InChI=1S/C12H16N4OS2/c1-3-16(2)12-15-10(13)9(19-12)11(17)14-7-8-5-4-6-18-8/h4-6H,3,7,13H2,1-2H3,(H,14,17). The Morgan fingerprint density at radius 2 is 2.37 bits per heavy atom. The van der Waals surface area contributed by atoms with E-state index >= 15 is 0 Å². The summed E-state index contributed by atoms with van der Waals surface area (Å²) in [5, 5.41) is 5.60. The van der Waals surface area contributed by atoms with Crippen LogP contribution in [0.4, 0.5) is 10.9 Å². The first kappa shape index (κ1) is 13.8. The summed E-state index contributed by atoms with van der Waals surface area (Å²) in [6.07, 6.45) is 0. The molecule has 0 bridgehead atoms. The van der Waals surface area contributed by atoms with Crippen LogP contribution in [0.25, 0.3) is 0 Å². The number of carbonyl (C=O) groups is 1. The van der Waals surface area contributed by atoms with E-state index in [0.717, 1.165) is 16.6 Å². The molecule has 2 heterocycles. The van der Waals surface area contributed by atoms with Gasteiger partial charge in [0.1, 0.15) is 10.7 Å². The smallest absolute Gasteiger partial charge is 0.265 e. The van der Waals surface area contributed by atoms with Crippen molar-refractivity contribution in [3.8, 4) is 0 Å². The van der Waals surface area contributed by atoms with Crippen LogP contribution in [0, 0.1) is 0 Å². The average molecular weight is 296 g/mol. The predicted octanol–water partition coefficient (Wildman–Crippen LogP) is 2.17. The summed E-state index contributed by atoms with van der Waals surface area (Å²) in [7, 11) is 1.92. The lowest BCUT2D eigenvalue weighted by Gasteiger charge is -2.10. The minimum atomic E-state index is -0.167. The van der Waals surface area contributed by atoms with E-state index in [0.29, 0.717) is 17.2 Å². The van der Waals surface area contributed by atoms with Crippen LogP contribution < -0.4 is 16.0 Å². The number of aromatic nitrogens is 1. The third-order valence-electron chi connectivity index (χ3n) is 2.65. The molecule has 2 aromatic heterocycles. The molecule has 0 spiro atoms. The quantitative estimate of drug-likeness (QED) is 0.887. The summed E-state index contributed by atoms with van der Waals surface area (Å²) >= 11 is 2.93. The highest BCUT2D eigenvalue weighted by molar-refractivity contribution is 7.18. The molecule has 0 radical (unpaired) electrons. The zero-order valence-electron chi connectivity index (χ0n) is 10.8. The number of nitrogens with zero attached hydrogens (tertiary/aromatic N) is 2. The molecular formula is C12H16N4OS2. The largest absolute Gasteiger partial charge is 0.382 e. The Labute approximate surface area is 120 Å². The van der Waals surface area contributed by atoms with Crippen LogP contribution in [0.5, 0.6) is 0 Å². The zero-order valence-corrected chi connectivity index (χ0v) is 12.5. The van der Waals surface area contributed by atoms with Crippen LogP contribution in [0.2, 0.25) is 0 Å². The van der Waals surface area contributed by atoms with Gasteiger partial charge in [0, 0.05) is 18.5 Å².